The number of hydrogen-bond donors (Lipinski definition) is 3. The molecule has 0 aliphatic heterocycles. The Hall–Kier alpha value is -1.69. The van der Waals surface area contributed by atoms with Gasteiger partial charge >= 0.3 is 0 Å². The van der Waals surface area contributed by atoms with Crippen molar-refractivity contribution >= 4 is 17.2 Å². The second kappa shape index (κ2) is 6.47. The van der Waals surface area contributed by atoms with Crippen molar-refractivity contribution in [1.82, 2.24) is 5.32 Å². The summed E-state index contributed by atoms with van der Waals surface area (Å²) in [6, 6.07) is 8.95. The van der Waals surface area contributed by atoms with E-state index in [9.17, 15) is 9.90 Å². The zero-order chi connectivity index (χ0) is 13.7. The first kappa shape index (κ1) is 13.7. The Balaban J connectivity index is 1.90. The lowest BCUT2D eigenvalue weighted by Gasteiger charge is -2.10. The Morgan fingerprint density at radius 3 is 2.63 bits per heavy atom. The van der Waals surface area contributed by atoms with Gasteiger partial charge in [-0.2, -0.15) is 11.3 Å². The number of carbonyl (C=O) groups is 1. The topological polar surface area (TPSA) is 75.4 Å². The predicted octanol–water partition coefficient (Wildman–Crippen LogP) is 1.67. The van der Waals surface area contributed by atoms with E-state index in [1.807, 2.05) is 29.0 Å². The van der Waals surface area contributed by atoms with Gasteiger partial charge in [0.2, 0.25) is 0 Å². The van der Waals surface area contributed by atoms with Crippen molar-refractivity contribution in [2.45, 2.75) is 12.6 Å². The Morgan fingerprint density at radius 1 is 1.32 bits per heavy atom. The molecule has 0 bridgehead atoms. The fourth-order valence-corrected chi connectivity index (χ4v) is 2.37. The number of aliphatic hydroxyl groups is 1. The molecular weight excluding hydrogens is 260 g/mol. The molecular formula is C14H16N2O2S. The average molecular weight is 276 g/mol. The number of rotatable bonds is 5. The van der Waals surface area contributed by atoms with Crippen LogP contribution in [-0.2, 0) is 6.54 Å². The van der Waals surface area contributed by atoms with Gasteiger partial charge in [-0.3, -0.25) is 4.79 Å². The smallest absolute Gasteiger partial charge is 0.251 e. The zero-order valence-electron chi connectivity index (χ0n) is 10.4. The molecule has 0 fully saturated rings. The highest BCUT2D eigenvalue weighted by Crippen LogP contribution is 2.15. The zero-order valence-corrected chi connectivity index (χ0v) is 11.2. The third kappa shape index (κ3) is 3.64. The molecule has 2 rings (SSSR count). The first-order valence-electron chi connectivity index (χ1n) is 5.98. The number of benzene rings is 1. The molecule has 1 amide bonds. The van der Waals surface area contributed by atoms with Crippen molar-refractivity contribution in [2.24, 2.45) is 5.73 Å². The lowest BCUT2D eigenvalue weighted by molar-refractivity contribution is 0.0916. The number of amides is 1. The summed E-state index contributed by atoms with van der Waals surface area (Å²) in [4.78, 5) is 11.9. The highest BCUT2D eigenvalue weighted by Gasteiger charge is 2.10. The summed E-state index contributed by atoms with van der Waals surface area (Å²) in [5.41, 5.74) is 7.86. The van der Waals surface area contributed by atoms with E-state index in [0.717, 1.165) is 11.1 Å². The molecule has 4 nitrogen and oxygen atoms in total. The van der Waals surface area contributed by atoms with E-state index in [2.05, 4.69) is 5.32 Å². The maximum atomic E-state index is 11.9. The molecule has 1 aromatic heterocycles. The summed E-state index contributed by atoms with van der Waals surface area (Å²) >= 11 is 1.52. The summed E-state index contributed by atoms with van der Waals surface area (Å²) < 4.78 is 0. The lowest BCUT2D eigenvalue weighted by Crippen LogP contribution is -2.28. The molecule has 100 valence electrons. The van der Waals surface area contributed by atoms with Crippen LogP contribution in [0.2, 0.25) is 0 Å². The second-order valence-corrected chi connectivity index (χ2v) is 4.96. The van der Waals surface area contributed by atoms with E-state index in [1.54, 1.807) is 12.1 Å². The van der Waals surface area contributed by atoms with E-state index in [0.29, 0.717) is 12.1 Å². The molecule has 0 aliphatic rings. The van der Waals surface area contributed by atoms with Gasteiger partial charge in [-0.1, -0.05) is 12.1 Å². The molecule has 1 aromatic carbocycles. The molecule has 2 aromatic rings. The van der Waals surface area contributed by atoms with Crippen LogP contribution in [0.15, 0.2) is 41.1 Å². The summed E-state index contributed by atoms with van der Waals surface area (Å²) in [7, 11) is 0. The summed E-state index contributed by atoms with van der Waals surface area (Å²) in [6.45, 7) is 0.660. The van der Waals surface area contributed by atoms with Gasteiger partial charge < -0.3 is 16.2 Å². The molecule has 19 heavy (non-hydrogen) atoms. The Morgan fingerprint density at radius 2 is 2.05 bits per heavy atom. The normalized spacial score (nSPS) is 12.1. The fraction of sp³-hybridized carbons (Fsp3) is 0.214. The predicted molar refractivity (Wildman–Crippen MR) is 75.9 cm³/mol. The maximum absolute atomic E-state index is 11.9. The molecule has 1 unspecified atom stereocenters. The molecule has 5 heteroatoms. The number of nitrogens with two attached hydrogens (primary N) is 1. The average Bonchev–Trinajstić information content (AvgIpc) is 2.98. The van der Waals surface area contributed by atoms with Crippen LogP contribution in [-0.4, -0.2) is 17.6 Å². The Kier molecular flexibility index (Phi) is 4.68. The second-order valence-electron chi connectivity index (χ2n) is 4.18. The Bertz CT molecular complexity index is 523. The van der Waals surface area contributed by atoms with Crippen LogP contribution >= 0.6 is 11.3 Å². The van der Waals surface area contributed by atoms with Gasteiger partial charge in [0, 0.05) is 18.7 Å². The van der Waals surface area contributed by atoms with Gasteiger partial charge in [-0.25, -0.2) is 0 Å². The van der Waals surface area contributed by atoms with Gasteiger partial charge in [-0.05, 0) is 40.1 Å². The molecule has 1 atom stereocenters. The van der Waals surface area contributed by atoms with Gasteiger partial charge in [0.15, 0.2) is 0 Å². The maximum Gasteiger partial charge on any atom is 0.251 e. The highest BCUT2D eigenvalue weighted by atomic mass is 32.1. The van der Waals surface area contributed by atoms with Gasteiger partial charge in [-0.15, -0.1) is 0 Å². The number of thiophene rings is 1. The number of aliphatic hydroxyl groups excluding tert-OH is 1. The third-order valence-electron chi connectivity index (χ3n) is 2.84. The molecule has 4 N–H and O–H groups in total. The standard InChI is InChI=1S/C14H16N2O2S/c15-7-10-1-3-11(4-2-10)14(18)16-8-13(17)12-5-6-19-9-12/h1-6,9,13,17H,7-8,15H2,(H,16,18). The van der Waals surface area contributed by atoms with Crippen LogP contribution in [0, 0.1) is 0 Å². The van der Waals surface area contributed by atoms with Gasteiger partial charge in [0.25, 0.3) is 5.91 Å². The van der Waals surface area contributed by atoms with Crippen LogP contribution in [0.4, 0.5) is 0 Å². The van der Waals surface area contributed by atoms with E-state index in [-0.39, 0.29) is 12.5 Å². The molecule has 0 radical (unpaired) electrons. The summed E-state index contributed by atoms with van der Waals surface area (Å²) in [5, 5.41) is 16.3. The van der Waals surface area contributed by atoms with E-state index < -0.39 is 6.10 Å². The van der Waals surface area contributed by atoms with Gasteiger partial charge in [0.1, 0.15) is 0 Å². The van der Waals surface area contributed by atoms with E-state index in [4.69, 9.17) is 5.73 Å². The van der Waals surface area contributed by atoms with Crippen LogP contribution in [0.1, 0.15) is 27.6 Å². The number of hydrogen-bond acceptors (Lipinski definition) is 4. The third-order valence-corrected chi connectivity index (χ3v) is 3.54. The number of nitrogens with one attached hydrogen (secondary N) is 1. The minimum atomic E-state index is -0.668. The first-order valence-corrected chi connectivity index (χ1v) is 6.92. The van der Waals surface area contributed by atoms with Crippen molar-refractivity contribution in [3.8, 4) is 0 Å². The molecule has 1 heterocycles. The quantitative estimate of drug-likeness (QED) is 0.777. The van der Waals surface area contributed by atoms with E-state index >= 15 is 0 Å². The van der Waals surface area contributed by atoms with Gasteiger partial charge in [0.05, 0.1) is 6.10 Å². The summed E-state index contributed by atoms with van der Waals surface area (Å²) in [6.07, 6.45) is -0.668. The summed E-state index contributed by atoms with van der Waals surface area (Å²) in [5.74, 6) is -0.196. The van der Waals surface area contributed by atoms with Crippen molar-refractivity contribution in [1.29, 1.82) is 0 Å². The van der Waals surface area contributed by atoms with Crippen molar-refractivity contribution < 1.29 is 9.90 Å². The highest BCUT2D eigenvalue weighted by molar-refractivity contribution is 7.07. The minimum absolute atomic E-state index is 0.196. The van der Waals surface area contributed by atoms with E-state index in [1.165, 1.54) is 11.3 Å². The van der Waals surface area contributed by atoms with Crippen LogP contribution in [0.3, 0.4) is 0 Å². The van der Waals surface area contributed by atoms with Crippen LogP contribution < -0.4 is 11.1 Å². The monoisotopic (exact) mass is 276 g/mol. The largest absolute Gasteiger partial charge is 0.387 e. The first-order chi connectivity index (χ1) is 9.20. The fourth-order valence-electron chi connectivity index (χ4n) is 1.67. The lowest BCUT2D eigenvalue weighted by atomic mass is 10.1. The van der Waals surface area contributed by atoms with Crippen LogP contribution in [0.25, 0.3) is 0 Å². The van der Waals surface area contributed by atoms with Crippen LogP contribution in [0.5, 0.6) is 0 Å². The van der Waals surface area contributed by atoms with Crippen molar-refractivity contribution in [2.75, 3.05) is 6.54 Å². The van der Waals surface area contributed by atoms with Crippen molar-refractivity contribution in [3.63, 3.8) is 0 Å². The molecule has 0 saturated carbocycles. The Labute approximate surface area is 115 Å². The van der Waals surface area contributed by atoms with Crippen molar-refractivity contribution in [3.05, 3.63) is 57.8 Å². The molecule has 0 aliphatic carbocycles. The SMILES string of the molecule is NCc1ccc(C(=O)NCC(O)c2ccsc2)cc1. The molecule has 0 saturated heterocycles. The molecule has 0 spiro atoms. The minimum Gasteiger partial charge on any atom is -0.387 e. The number of carbonyl (C=O) groups excluding carboxylic acids is 1.